The first kappa shape index (κ1) is 34.6. The number of amides is 2. The van der Waals surface area contributed by atoms with Crippen LogP contribution in [-0.4, -0.2) is 46.4 Å². The van der Waals surface area contributed by atoms with Gasteiger partial charge in [0.15, 0.2) is 0 Å². The third-order valence-corrected chi connectivity index (χ3v) is 16.3. The number of carbonyl (C=O) groups excluding carboxylic acids is 2. The van der Waals surface area contributed by atoms with Crippen molar-refractivity contribution in [2.24, 2.45) is 51.2 Å². The SMILES string of the molecule is C=C(C)[C@@H]1CC[C@]2(NC(=O)N3CCCC(=O)CC3)CC[C@]3(C)[C@H](CC[C@@H]4[C@@]5(C)CC=C(c6ccc(C(=O)O)cc6)C(C)(C)[C@@H]5CC[C@]43C)[C@@H]12. The predicted molar refractivity (Wildman–Crippen MR) is 195 cm³/mol. The van der Waals surface area contributed by atoms with E-state index >= 15 is 0 Å². The number of nitrogens with one attached hydrogen (secondary N) is 1. The number of nitrogens with zero attached hydrogens (tertiary/aromatic N) is 1. The minimum Gasteiger partial charge on any atom is -0.478 e. The van der Waals surface area contributed by atoms with Crippen molar-refractivity contribution in [2.75, 3.05) is 13.1 Å². The van der Waals surface area contributed by atoms with Gasteiger partial charge in [-0.1, -0.05) is 65.0 Å². The molecule has 2 amide bonds. The van der Waals surface area contributed by atoms with E-state index in [9.17, 15) is 19.5 Å². The molecule has 0 unspecified atom stereocenters. The number of rotatable bonds is 4. The van der Waals surface area contributed by atoms with E-state index in [0.29, 0.717) is 61.1 Å². The lowest BCUT2D eigenvalue weighted by Crippen LogP contribution is -2.68. The van der Waals surface area contributed by atoms with Gasteiger partial charge in [0.25, 0.3) is 0 Å². The lowest BCUT2D eigenvalue weighted by Gasteiger charge is -2.72. The molecular formula is C43H60N2O4. The third kappa shape index (κ3) is 5.11. The molecule has 7 rings (SSSR count). The maximum atomic E-state index is 14.0. The van der Waals surface area contributed by atoms with Gasteiger partial charge in [0.2, 0.25) is 0 Å². The molecule has 2 N–H and O–H groups in total. The summed E-state index contributed by atoms with van der Waals surface area (Å²) in [4.78, 5) is 39.6. The first-order valence-electron chi connectivity index (χ1n) is 19.4. The number of fused-ring (bicyclic) bond motifs is 7. The van der Waals surface area contributed by atoms with Gasteiger partial charge in [-0.15, -0.1) is 0 Å². The fraction of sp³-hybridized carbons (Fsp3) is 0.698. The standard InChI is InChI=1S/C43H60N2O4/c1-27(2)31-16-22-43(44-38(49)45-25-8-9-30(46)19-26-45)24-23-41(6)33(36(31)43)14-15-35-40(5)20-17-32(28-10-12-29(13-11-28)37(47)48)39(3,4)34(40)18-21-42(35,41)7/h10-13,17,31,33-36H,1,8-9,14-16,18-26H2,2-7H3,(H,44,49)(H,47,48)/t31-,33+,34-,35+,36+,40-,41+,42+,43-/m0/s1. The monoisotopic (exact) mass is 668 g/mol. The molecule has 1 aliphatic heterocycles. The molecule has 5 aliphatic carbocycles. The van der Waals surface area contributed by atoms with Crippen LogP contribution in [0.2, 0.25) is 0 Å². The van der Waals surface area contributed by atoms with Crippen molar-refractivity contribution in [1.82, 2.24) is 10.2 Å². The van der Waals surface area contributed by atoms with E-state index in [4.69, 9.17) is 0 Å². The number of benzene rings is 1. The summed E-state index contributed by atoms with van der Waals surface area (Å²) in [7, 11) is 0. The van der Waals surface area contributed by atoms with E-state index in [-0.39, 0.29) is 39.0 Å². The topological polar surface area (TPSA) is 86.7 Å². The number of ketones is 1. The second-order valence-corrected chi connectivity index (χ2v) is 18.6. The Hall–Kier alpha value is -2.89. The molecule has 1 heterocycles. The Balaban J connectivity index is 1.19. The van der Waals surface area contributed by atoms with Gasteiger partial charge in [-0.25, -0.2) is 9.59 Å². The number of aromatic carboxylic acids is 1. The van der Waals surface area contributed by atoms with E-state index in [0.717, 1.165) is 44.1 Å². The average molecular weight is 669 g/mol. The number of urea groups is 1. The summed E-state index contributed by atoms with van der Waals surface area (Å²) >= 11 is 0. The van der Waals surface area contributed by atoms with Gasteiger partial charge in [-0.3, -0.25) is 4.79 Å². The van der Waals surface area contributed by atoms with Crippen LogP contribution in [0.5, 0.6) is 0 Å². The van der Waals surface area contributed by atoms with E-state index in [1.165, 1.54) is 36.8 Å². The highest BCUT2D eigenvalue weighted by atomic mass is 16.4. The van der Waals surface area contributed by atoms with Crippen LogP contribution in [0.25, 0.3) is 5.57 Å². The lowest BCUT2D eigenvalue weighted by atomic mass is 9.33. The Bertz CT molecular complexity index is 1580. The fourth-order valence-electron chi connectivity index (χ4n) is 13.7. The zero-order valence-corrected chi connectivity index (χ0v) is 31.0. The van der Waals surface area contributed by atoms with E-state index in [2.05, 4.69) is 59.5 Å². The highest BCUT2D eigenvalue weighted by molar-refractivity contribution is 5.88. The van der Waals surface area contributed by atoms with Gasteiger partial charge >= 0.3 is 12.0 Å². The molecule has 6 heteroatoms. The zero-order chi connectivity index (χ0) is 35.1. The summed E-state index contributed by atoms with van der Waals surface area (Å²) in [5.74, 6) is 1.92. The maximum absolute atomic E-state index is 14.0. The second kappa shape index (κ2) is 11.8. The summed E-state index contributed by atoms with van der Waals surface area (Å²) in [5.41, 5.74) is 4.49. The van der Waals surface area contributed by atoms with Crippen LogP contribution in [0.1, 0.15) is 135 Å². The Morgan fingerprint density at radius 2 is 1.61 bits per heavy atom. The molecule has 9 atom stereocenters. The number of Topliss-reactive ketones (excluding diaryl/α,β-unsaturated/α-hetero) is 1. The first-order chi connectivity index (χ1) is 23.1. The van der Waals surface area contributed by atoms with Crippen LogP contribution in [-0.2, 0) is 4.79 Å². The lowest BCUT2D eigenvalue weighted by molar-refractivity contribution is -0.218. The number of carbonyl (C=O) groups is 3. The molecule has 1 saturated heterocycles. The molecule has 49 heavy (non-hydrogen) atoms. The minimum atomic E-state index is -0.878. The second-order valence-electron chi connectivity index (χ2n) is 18.6. The van der Waals surface area contributed by atoms with Gasteiger partial charge in [0, 0.05) is 31.5 Å². The molecule has 1 aromatic rings. The number of allylic oxidation sites excluding steroid dienone is 3. The summed E-state index contributed by atoms with van der Waals surface area (Å²) in [6.07, 6.45) is 14.6. The van der Waals surface area contributed by atoms with Crippen LogP contribution in [0.15, 0.2) is 42.5 Å². The van der Waals surface area contributed by atoms with Gasteiger partial charge in [-0.05, 0) is 146 Å². The molecule has 4 saturated carbocycles. The number of carboxylic acid groups (broad SMARTS) is 1. The van der Waals surface area contributed by atoms with E-state index < -0.39 is 5.97 Å². The smallest absolute Gasteiger partial charge is 0.335 e. The predicted octanol–water partition coefficient (Wildman–Crippen LogP) is 9.55. The highest BCUT2D eigenvalue weighted by Gasteiger charge is 2.70. The van der Waals surface area contributed by atoms with Crippen molar-refractivity contribution in [2.45, 2.75) is 124 Å². The zero-order valence-electron chi connectivity index (χ0n) is 31.0. The Kier molecular flexibility index (Phi) is 8.35. The third-order valence-electron chi connectivity index (χ3n) is 16.3. The number of hydrogen-bond donors (Lipinski definition) is 2. The van der Waals surface area contributed by atoms with Gasteiger partial charge < -0.3 is 15.3 Å². The molecule has 0 bridgehead atoms. The summed E-state index contributed by atoms with van der Waals surface area (Å²) in [6, 6.07) is 7.58. The molecule has 266 valence electrons. The van der Waals surface area contributed by atoms with Crippen LogP contribution in [0.3, 0.4) is 0 Å². The van der Waals surface area contributed by atoms with E-state index in [1.54, 1.807) is 12.1 Å². The Morgan fingerprint density at radius 1 is 0.878 bits per heavy atom. The number of likely N-dealkylation sites (tertiary alicyclic amines) is 1. The maximum Gasteiger partial charge on any atom is 0.335 e. The van der Waals surface area contributed by atoms with E-state index in [1.807, 2.05) is 17.0 Å². The minimum absolute atomic E-state index is 0.0166. The first-order valence-corrected chi connectivity index (χ1v) is 19.4. The highest BCUT2D eigenvalue weighted by Crippen LogP contribution is 2.76. The molecule has 6 nitrogen and oxygen atoms in total. The molecule has 0 spiro atoms. The molecular weight excluding hydrogens is 608 g/mol. The quantitative estimate of drug-likeness (QED) is 0.313. The number of hydrogen-bond acceptors (Lipinski definition) is 3. The summed E-state index contributed by atoms with van der Waals surface area (Å²) < 4.78 is 0. The van der Waals surface area contributed by atoms with Crippen molar-refractivity contribution in [3.8, 4) is 0 Å². The van der Waals surface area contributed by atoms with Crippen molar-refractivity contribution >= 4 is 23.4 Å². The largest absolute Gasteiger partial charge is 0.478 e. The summed E-state index contributed by atoms with van der Waals surface area (Å²) in [5, 5.41) is 13.2. The molecule has 0 aromatic heterocycles. The van der Waals surface area contributed by atoms with Crippen LogP contribution in [0, 0.1) is 51.2 Å². The Labute approximate surface area is 294 Å². The van der Waals surface area contributed by atoms with Gasteiger partial charge in [-0.2, -0.15) is 0 Å². The molecule has 5 fully saturated rings. The van der Waals surface area contributed by atoms with Crippen LogP contribution >= 0.6 is 0 Å². The number of carboxylic acids is 1. The van der Waals surface area contributed by atoms with Gasteiger partial charge in [0.1, 0.15) is 5.78 Å². The average Bonchev–Trinajstić information content (AvgIpc) is 3.28. The normalized spacial score (nSPS) is 41.3. The van der Waals surface area contributed by atoms with Gasteiger partial charge in [0.05, 0.1) is 5.56 Å². The molecule has 0 radical (unpaired) electrons. The van der Waals surface area contributed by atoms with Crippen LogP contribution < -0.4 is 5.32 Å². The summed E-state index contributed by atoms with van der Waals surface area (Å²) in [6.45, 7) is 20.8. The van der Waals surface area contributed by atoms with Crippen molar-refractivity contribution in [1.29, 1.82) is 0 Å². The Morgan fingerprint density at radius 3 is 2.31 bits per heavy atom. The van der Waals surface area contributed by atoms with Crippen molar-refractivity contribution < 1.29 is 19.5 Å². The van der Waals surface area contributed by atoms with Crippen molar-refractivity contribution in [3.63, 3.8) is 0 Å². The molecule has 1 aromatic carbocycles. The van der Waals surface area contributed by atoms with Crippen LogP contribution in [0.4, 0.5) is 4.79 Å². The fourth-order valence-corrected chi connectivity index (χ4v) is 13.7. The van der Waals surface area contributed by atoms with Crippen molar-refractivity contribution in [3.05, 3.63) is 53.6 Å². The molecule has 6 aliphatic rings.